The quantitative estimate of drug-likeness (QED) is 0.598. The van der Waals surface area contributed by atoms with E-state index >= 15 is 0 Å². The molecule has 1 aromatic heterocycles. The van der Waals surface area contributed by atoms with E-state index in [0.717, 1.165) is 24.3 Å². The van der Waals surface area contributed by atoms with Crippen molar-refractivity contribution in [2.45, 2.75) is 12.6 Å². The van der Waals surface area contributed by atoms with Crippen LogP contribution in [0.3, 0.4) is 0 Å². The summed E-state index contributed by atoms with van der Waals surface area (Å²) in [5, 5.41) is 4.77. The van der Waals surface area contributed by atoms with Crippen LogP contribution in [0, 0.1) is 11.6 Å². The first kappa shape index (κ1) is 19.8. The summed E-state index contributed by atoms with van der Waals surface area (Å²) in [5.74, 6) is -1.98. The van der Waals surface area contributed by atoms with E-state index in [1.165, 1.54) is 13.3 Å². The average Bonchev–Trinajstić information content (AvgIpc) is 2.56. The van der Waals surface area contributed by atoms with E-state index in [9.17, 15) is 22.0 Å². The van der Waals surface area contributed by atoms with E-state index in [4.69, 9.17) is 17.0 Å². The van der Waals surface area contributed by atoms with Crippen LogP contribution < -0.4 is 15.4 Å². The maximum Gasteiger partial charge on any atom is 0.419 e. The highest BCUT2D eigenvalue weighted by Gasteiger charge is 2.34. The highest BCUT2D eigenvalue weighted by Crippen LogP contribution is 2.33. The Labute approximate surface area is 151 Å². The molecule has 1 aromatic carbocycles. The summed E-state index contributed by atoms with van der Waals surface area (Å²) in [7, 11) is 1.28. The SMILES string of the molecule is COc1cc(F)c(CCNC(=S)Nc2ncccc2C(F)(F)F)c(F)c1. The van der Waals surface area contributed by atoms with Crippen molar-refractivity contribution in [3.05, 3.63) is 53.2 Å². The molecule has 0 aliphatic carbocycles. The van der Waals surface area contributed by atoms with Gasteiger partial charge in [0.05, 0.1) is 12.7 Å². The summed E-state index contributed by atoms with van der Waals surface area (Å²) < 4.78 is 71.1. The van der Waals surface area contributed by atoms with Crippen molar-refractivity contribution in [1.29, 1.82) is 0 Å². The topological polar surface area (TPSA) is 46.2 Å². The molecule has 0 aliphatic heterocycles. The Morgan fingerprint density at radius 1 is 1.23 bits per heavy atom. The fourth-order valence-electron chi connectivity index (χ4n) is 2.12. The Morgan fingerprint density at radius 2 is 1.88 bits per heavy atom. The number of anilines is 1. The van der Waals surface area contributed by atoms with Gasteiger partial charge in [-0.05, 0) is 30.8 Å². The second kappa shape index (κ2) is 8.26. The van der Waals surface area contributed by atoms with Crippen molar-refractivity contribution in [2.75, 3.05) is 19.0 Å². The van der Waals surface area contributed by atoms with Gasteiger partial charge >= 0.3 is 6.18 Å². The van der Waals surface area contributed by atoms with Crippen molar-refractivity contribution >= 4 is 23.1 Å². The molecule has 0 saturated carbocycles. The molecule has 140 valence electrons. The minimum Gasteiger partial charge on any atom is -0.497 e. The lowest BCUT2D eigenvalue weighted by Crippen LogP contribution is -2.31. The monoisotopic (exact) mass is 391 g/mol. The summed E-state index contributed by atoms with van der Waals surface area (Å²) in [6.45, 7) is 0.000185. The van der Waals surface area contributed by atoms with E-state index in [-0.39, 0.29) is 29.4 Å². The molecule has 0 radical (unpaired) electrons. The molecule has 0 saturated heterocycles. The number of hydrogen-bond donors (Lipinski definition) is 2. The van der Waals surface area contributed by atoms with Crippen LogP contribution in [-0.2, 0) is 12.6 Å². The van der Waals surface area contributed by atoms with Crippen LogP contribution in [0.25, 0.3) is 0 Å². The number of aromatic nitrogens is 1. The fourth-order valence-corrected chi connectivity index (χ4v) is 2.32. The lowest BCUT2D eigenvalue weighted by Gasteiger charge is -2.15. The number of hydrogen-bond acceptors (Lipinski definition) is 3. The fraction of sp³-hybridized carbons (Fsp3) is 0.250. The number of thiocarbonyl (C=S) groups is 1. The van der Waals surface area contributed by atoms with Gasteiger partial charge < -0.3 is 15.4 Å². The van der Waals surface area contributed by atoms with Gasteiger partial charge in [-0.1, -0.05) is 0 Å². The molecule has 4 nitrogen and oxygen atoms in total. The number of benzene rings is 1. The second-order valence-corrected chi connectivity index (χ2v) is 5.51. The summed E-state index contributed by atoms with van der Waals surface area (Å²) in [6, 6.07) is 4.09. The number of pyridine rings is 1. The number of halogens is 5. The van der Waals surface area contributed by atoms with Crippen molar-refractivity contribution in [2.24, 2.45) is 0 Å². The van der Waals surface area contributed by atoms with Crippen LogP contribution >= 0.6 is 12.2 Å². The van der Waals surface area contributed by atoms with Gasteiger partial charge in [-0.3, -0.25) is 0 Å². The van der Waals surface area contributed by atoms with Crippen molar-refractivity contribution in [3.8, 4) is 5.75 Å². The van der Waals surface area contributed by atoms with E-state index in [2.05, 4.69) is 15.6 Å². The molecule has 2 N–H and O–H groups in total. The predicted octanol–water partition coefficient (Wildman–Crippen LogP) is 3.92. The van der Waals surface area contributed by atoms with Gasteiger partial charge in [-0.2, -0.15) is 13.2 Å². The minimum atomic E-state index is -4.60. The first-order valence-electron chi connectivity index (χ1n) is 7.31. The van der Waals surface area contributed by atoms with E-state index in [0.29, 0.717) is 0 Å². The zero-order valence-corrected chi connectivity index (χ0v) is 14.3. The largest absolute Gasteiger partial charge is 0.497 e. The third-order valence-corrected chi connectivity index (χ3v) is 3.60. The molecule has 0 spiro atoms. The molecular formula is C16H14F5N3OS. The first-order chi connectivity index (χ1) is 12.2. The normalized spacial score (nSPS) is 11.2. The van der Waals surface area contributed by atoms with Crippen LogP contribution in [0.4, 0.5) is 27.8 Å². The molecule has 0 fully saturated rings. The Bertz CT molecular complexity index is 775. The van der Waals surface area contributed by atoms with Gasteiger partial charge in [-0.25, -0.2) is 13.8 Å². The minimum absolute atomic E-state index is 0.000185. The zero-order chi connectivity index (χ0) is 19.3. The van der Waals surface area contributed by atoms with E-state index in [1.807, 2.05) is 0 Å². The van der Waals surface area contributed by atoms with Gasteiger partial charge in [0, 0.05) is 30.4 Å². The van der Waals surface area contributed by atoms with Crippen LogP contribution in [0.5, 0.6) is 5.75 Å². The summed E-state index contributed by atoms with van der Waals surface area (Å²) >= 11 is 4.90. The van der Waals surface area contributed by atoms with Crippen molar-refractivity contribution in [1.82, 2.24) is 10.3 Å². The number of methoxy groups -OCH3 is 1. The van der Waals surface area contributed by atoms with Crippen molar-refractivity contribution in [3.63, 3.8) is 0 Å². The average molecular weight is 391 g/mol. The van der Waals surface area contributed by atoms with Crippen LogP contribution in [0.15, 0.2) is 30.5 Å². The van der Waals surface area contributed by atoms with Crippen LogP contribution in [0.2, 0.25) is 0 Å². The van der Waals surface area contributed by atoms with Gasteiger partial charge in [0.25, 0.3) is 0 Å². The highest BCUT2D eigenvalue weighted by molar-refractivity contribution is 7.80. The van der Waals surface area contributed by atoms with Gasteiger partial charge in [0.2, 0.25) is 0 Å². The lowest BCUT2D eigenvalue weighted by molar-refractivity contribution is -0.137. The zero-order valence-electron chi connectivity index (χ0n) is 13.5. The number of ether oxygens (including phenoxy) is 1. The number of rotatable bonds is 5. The third kappa shape index (κ3) is 5.01. The molecule has 0 unspecified atom stereocenters. The molecule has 1 heterocycles. The third-order valence-electron chi connectivity index (χ3n) is 3.36. The molecule has 0 amide bonds. The number of nitrogens with one attached hydrogen (secondary N) is 2. The van der Waals surface area contributed by atoms with E-state index in [1.54, 1.807) is 0 Å². The van der Waals surface area contributed by atoms with Crippen molar-refractivity contribution < 1.29 is 26.7 Å². The molecule has 0 atom stereocenters. The Morgan fingerprint density at radius 3 is 2.46 bits per heavy atom. The maximum absolute atomic E-state index is 13.8. The molecule has 0 bridgehead atoms. The highest BCUT2D eigenvalue weighted by atomic mass is 32.1. The first-order valence-corrected chi connectivity index (χ1v) is 7.72. The van der Waals surface area contributed by atoms with Gasteiger partial charge in [-0.15, -0.1) is 0 Å². The molecule has 26 heavy (non-hydrogen) atoms. The Kier molecular flexibility index (Phi) is 6.30. The Hall–Kier alpha value is -2.49. The lowest BCUT2D eigenvalue weighted by atomic mass is 10.1. The molecule has 10 heteroatoms. The molecule has 2 rings (SSSR count). The summed E-state index contributed by atoms with van der Waals surface area (Å²) in [4.78, 5) is 3.61. The van der Waals surface area contributed by atoms with E-state index < -0.39 is 29.2 Å². The molecule has 0 aliphatic rings. The standard InChI is InChI=1S/C16H14F5N3OS/c1-25-9-7-12(17)10(13(18)8-9)4-6-23-15(26)24-14-11(16(19,20)21)3-2-5-22-14/h2-3,5,7-8H,4,6H2,1H3,(H2,22,23,24,26). The smallest absolute Gasteiger partial charge is 0.419 e. The summed E-state index contributed by atoms with van der Waals surface area (Å²) in [6.07, 6.45) is -3.48. The van der Waals surface area contributed by atoms with Crippen LogP contribution in [-0.4, -0.2) is 23.8 Å². The maximum atomic E-state index is 13.8. The van der Waals surface area contributed by atoms with Gasteiger partial charge in [0.15, 0.2) is 5.11 Å². The van der Waals surface area contributed by atoms with Gasteiger partial charge in [0.1, 0.15) is 23.2 Å². The summed E-state index contributed by atoms with van der Waals surface area (Å²) in [5.41, 5.74) is -1.16. The molecular weight excluding hydrogens is 377 g/mol. The number of alkyl halides is 3. The molecule has 2 aromatic rings. The van der Waals surface area contributed by atoms with Crippen LogP contribution in [0.1, 0.15) is 11.1 Å². The number of nitrogens with zero attached hydrogens (tertiary/aromatic N) is 1. The predicted molar refractivity (Wildman–Crippen MR) is 90.1 cm³/mol. The second-order valence-electron chi connectivity index (χ2n) is 5.10. The Balaban J connectivity index is 1.97.